The first-order valence-corrected chi connectivity index (χ1v) is 9.57. The SMILES string of the molecule is N#Cc1cnc(N2CCN(c3cc(C4CCOCC4)ncn3)CC2)c(Cl)c1. The number of rotatable bonds is 3. The van der Waals surface area contributed by atoms with Crippen molar-refractivity contribution in [2.75, 3.05) is 49.2 Å². The van der Waals surface area contributed by atoms with Crippen LogP contribution >= 0.6 is 11.6 Å². The molecule has 0 N–H and O–H groups in total. The number of aromatic nitrogens is 3. The number of halogens is 1. The molecule has 2 aliphatic heterocycles. The van der Waals surface area contributed by atoms with Crippen LogP contribution in [0.4, 0.5) is 11.6 Å². The number of pyridine rings is 1. The summed E-state index contributed by atoms with van der Waals surface area (Å²) in [6, 6.07) is 5.85. The second kappa shape index (κ2) is 8.07. The predicted octanol–water partition coefficient (Wildman–Crippen LogP) is 2.62. The molecule has 2 aromatic rings. The van der Waals surface area contributed by atoms with Gasteiger partial charge >= 0.3 is 0 Å². The maximum atomic E-state index is 8.95. The van der Waals surface area contributed by atoms with E-state index in [0.717, 1.165) is 69.6 Å². The lowest BCUT2D eigenvalue weighted by molar-refractivity contribution is 0.0845. The molecule has 0 atom stereocenters. The van der Waals surface area contributed by atoms with E-state index in [9.17, 15) is 0 Å². The van der Waals surface area contributed by atoms with Crippen LogP contribution in [-0.4, -0.2) is 54.3 Å². The zero-order valence-electron chi connectivity index (χ0n) is 15.0. The van der Waals surface area contributed by atoms with Crippen molar-refractivity contribution in [1.29, 1.82) is 5.26 Å². The van der Waals surface area contributed by atoms with Crippen LogP contribution in [0.25, 0.3) is 0 Å². The van der Waals surface area contributed by atoms with E-state index in [0.29, 0.717) is 16.5 Å². The minimum atomic E-state index is 0.462. The minimum Gasteiger partial charge on any atom is -0.381 e. The van der Waals surface area contributed by atoms with E-state index < -0.39 is 0 Å². The Bertz CT molecular complexity index is 840. The first-order chi connectivity index (χ1) is 13.2. The second-order valence-corrected chi connectivity index (χ2v) is 7.21. The molecule has 0 saturated carbocycles. The van der Waals surface area contributed by atoms with Gasteiger partial charge in [-0.15, -0.1) is 0 Å². The van der Waals surface area contributed by atoms with Gasteiger partial charge in [-0.1, -0.05) is 11.6 Å². The molecule has 2 aromatic heterocycles. The average Bonchev–Trinajstić information content (AvgIpc) is 2.74. The van der Waals surface area contributed by atoms with E-state index in [2.05, 4.69) is 36.9 Å². The topological polar surface area (TPSA) is 78.2 Å². The quantitative estimate of drug-likeness (QED) is 0.804. The number of piperazine rings is 1. The highest BCUT2D eigenvalue weighted by Crippen LogP contribution is 2.28. The van der Waals surface area contributed by atoms with Gasteiger partial charge in [0.15, 0.2) is 0 Å². The molecule has 0 bridgehead atoms. The average molecular weight is 385 g/mol. The third-order valence-corrected chi connectivity index (χ3v) is 5.45. The Morgan fingerprint density at radius 1 is 1.04 bits per heavy atom. The summed E-state index contributed by atoms with van der Waals surface area (Å²) >= 11 is 6.30. The summed E-state index contributed by atoms with van der Waals surface area (Å²) in [4.78, 5) is 17.8. The highest BCUT2D eigenvalue weighted by Gasteiger charge is 2.23. The fourth-order valence-electron chi connectivity index (χ4n) is 3.62. The van der Waals surface area contributed by atoms with Crippen LogP contribution in [0.1, 0.15) is 30.0 Å². The molecule has 140 valence electrons. The molecule has 0 aromatic carbocycles. The largest absolute Gasteiger partial charge is 0.381 e. The van der Waals surface area contributed by atoms with Crippen LogP contribution in [0.3, 0.4) is 0 Å². The van der Waals surface area contributed by atoms with Crippen molar-refractivity contribution >= 4 is 23.2 Å². The summed E-state index contributed by atoms with van der Waals surface area (Å²) in [6.45, 7) is 4.89. The van der Waals surface area contributed by atoms with E-state index in [1.807, 2.05) is 0 Å². The highest BCUT2D eigenvalue weighted by atomic mass is 35.5. The van der Waals surface area contributed by atoms with Gasteiger partial charge in [-0.05, 0) is 18.9 Å². The van der Waals surface area contributed by atoms with E-state index in [1.54, 1.807) is 18.6 Å². The van der Waals surface area contributed by atoms with E-state index in [4.69, 9.17) is 21.6 Å². The van der Waals surface area contributed by atoms with Gasteiger partial charge < -0.3 is 14.5 Å². The summed E-state index contributed by atoms with van der Waals surface area (Å²) in [7, 11) is 0. The molecule has 0 spiro atoms. The Hall–Kier alpha value is -2.43. The maximum Gasteiger partial charge on any atom is 0.147 e. The van der Waals surface area contributed by atoms with Crippen LogP contribution in [-0.2, 0) is 4.74 Å². The molecule has 0 radical (unpaired) electrons. The molecule has 4 rings (SSSR count). The maximum absolute atomic E-state index is 8.95. The first kappa shape index (κ1) is 18.0. The van der Waals surface area contributed by atoms with Crippen molar-refractivity contribution in [2.45, 2.75) is 18.8 Å². The molecule has 2 saturated heterocycles. The third kappa shape index (κ3) is 3.97. The molecule has 2 fully saturated rings. The number of hydrogen-bond acceptors (Lipinski definition) is 7. The highest BCUT2D eigenvalue weighted by molar-refractivity contribution is 6.33. The molecule has 27 heavy (non-hydrogen) atoms. The molecule has 4 heterocycles. The Kier molecular flexibility index (Phi) is 5.37. The van der Waals surface area contributed by atoms with Gasteiger partial charge in [0.25, 0.3) is 0 Å². The molecular weight excluding hydrogens is 364 g/mol. The predicted molar refractivity (Wildman–Crippen MR) is 103 cm³/mol. The van der Waals surface area contributed by atoms with Gasteiger partial charge in [-0.3, -0.25) is 0 Å². The van der Waals surface area contributed by atoms with Crippen molar-refractivity contribution < 1.29 is 4.74 Å². The monoisotopic (exact) mass is 384 g/mol. The zero-order chi connectivity index (χ0) is 18.6. The summed E-state index contributed by atoms with van der Waals surface area (Å²) in [5.74, 6) is 2.18. The minimum absolute atomic E-state index is 0.462. The Labute approximate surface area is 163 Å². The van der Waals surface area contributed by atoms with Crippen LogP contribution in [0, 0.1) is 11.3 Å². The fraction of sp³-hybridized carbons (Fsp3) is 0.474. The van der Waals surface area contributed by atoms with Crippen molar-refractivity contribution in [1.82, 2.24) is 15.0 Å². The fourth-order valence-corrected chi connectivity index (χ4v) is 3.91. The second-order valence-electron chi connectivity index (χ2n) is 6.80. The van der Waals surface area contributed by atoms with Gasteiger partial charge in [0.2, 0.25) is 0 Å². The van der Waals surface area contributed by atoms with Crippen molar-refractivity contribution in [3.63, 3.8) is 0 Å². The number of anilines is 2. The molecule has 0 amide bonds. The Morgan fingerprint density at radius 3 is 2.48 bits per heavy atom. The van der Waals surface area contributed by atoms with E-state index >= 15 is 0 Å². The lowest BCUT2D eigenvalue weighted by atomic mass is 9.96. The normalized spacial score (nSPS) is 18.4. The molecule has 0 unspecified atom stereocenters. The number of nitrogens with zero attached hydrogens (tertiary/aromatic N) is 6. The van der Waals surface area contributed by atoms with Crippen LogP contribution in [0.15, 0.2) is 24.7 Å². The molecule has 0 aliphatic carbocycles. The molecule has 2 aliphatic rings. The summed E-state index contributed by atoms with van der Waals surface area (Å²) in [5, 5.41) is 9.47. The van der Waals surface area contributed by atoms with E-state index in [1.165, 1.54) is 0 Å². The molecule has 7 nitrogen and oxygen atoms in total. The van der Waals surface area contributed by atoms with Crippen molar-refractivity contribution in [3.05, 3.63) is 40.9 Å². The van der Waals surface area contributed by atoms with Crippen LogP contribution < -0.4 is 9.80 Å². The summed E-state index contributed by atoms with van der Waals surface area (Å²) < 4.78 is 5.45. The Balaban J connectivity index is 1.43. The number of nitriles is 1. The van der Waals surface area contributed by atoms with Crippen molar-refractivity contribution in [3.8, 4) is 6.07 Å². The van der Waals surface area contributed by atoms with Gasteiger partial charge in [0.1, 0.15) is 24.0 Å². The Morgan fingerprint density at radius 2 is 1.78 bits per heavy atom. The van der Waals surface area contributed by atoms with Gasteiger partial charge in [0, 0.05) is 63.3 Å². The number of hydrogen-bond donors (Lipinski definition) is 0. The van der Waals surface area contributed by atoms with Crippen molar-refractivity contribution in [2.24, 2.45) is 0 Å². The number of ether oxygens (including phenoxy) is 1. The lowest BCUT2D eigenvalue weighted by Gasteiger charge is -2.36. The van der Waals surface area contributed by atoms with Gasteiger partial charge in [-0.2, -0.15) is 5.26 Å². The third-order valence-electron chi connectivity index (χ3n) is 5.17. The zero-order valence-corrected chi connectivity index (χ0v) is 15.8. The van der Waals surface area contributed by atoms with E-state index in [-0.39, 0.29) is 0 Å². The first-order valence-electron chi connectivity index (χ1n) is 9.20. The van der Waals surface area contributed by atoms with Gasteiger partial charge in [-0.25, -0.2) is 15.0 Å². The molecule has 8 heteroatoms. The van der Waals surface area contributed by atoms with Gasteiger partial charge in [0.05, 0.1) is 10.6 Å². The smallest absolute Gasteiger partial charge is 0.147 e. The van der Waals surface area contributed by atoms with Crippen LogP contribution in [0.5, 0.6) is 0 Å². The standard InChI is InChI=1S/C19H21ClN6O/c20-16-9-14(11-21)12-22-19(16)26-5-3-25(4-6-26)18-10-17(23-13-24-18)15-1-7-27-8-2-15/h9-10,12-13,15H,1-8H2. The molecular formula is C19H21ClN6O. The van der Waals surface area contributed by atoms with Crippen LogP contribution in [0.2, 0.25) is 5.02 Å². The lowest BCUT2D eigenvalue weighted by Crippen LogP contribution is -2.47. The summed E-state index contributed by atoms with van der Waals surface area (Å²) in [5.41, 5.74) is 1.59. The summed E-state index contributed by atoms with van der Waals surface area (Å²) in [6.07, 6.45) is 5.28.